The van der Waals surface area contributed by atoms with E-state index in [0.717, 1.165) is 6.00 Å². The van der Waals surface area contributed by atoms with Gasteiger partial charge in [-0.05, 0) is 0 Å². The van der Waals surface area contributed by atoms with Gasteiger partial charge in [0.2, 0.25) is 0 Å². The van der Waals surface area contributed by atoms with Crippen LogP contribution < -0.4 is 4.90 Å². The van der Waals surface area contributed by atoms with E-state index in [2.05, 4.69) is 4.90 Å². The van der Waals surface area contributed by atoms with Crippen LogP contribution >= 0.6 is 11.6 Å². The maximum atomic E-state index is 5.92. The summed E-state index contributed by atoms with van der Waals surface area (Å²) in [6.45, 7) is 7.66. The summed E-state index contributed by atoms with van der Waals surface area (Å²) in [4.78, 5) is 2.53. The number of halogens is 1. The van der Waals surface area contributed by atoms with Gasteiger partial charge in [-0.25, -0.2) is 0 Å². The van der Waals surface area contributed by atoms with E-state index >= 15 is 0 Å². The summed E-state index contributed by atoms with van der Waals surface area (Å²) in [6, 6.07) is 0.827. The molecule has 0 aromatic rings. The minimum absolute atomic E-state index is 0.827. The molecule has 3 heterocycles. The average Bonchev–Trinajstić information content (AvgIpc) is 2.08. The van der Waals surface area contributed by atoms with Gasteiger partial charge < -0.3 is 0 Å². The first-order chi connectivity index (χ1) is 4.85. The Morgan fingerprint density at radius 1 is 1.10 bits per heavy atom. The normalized spacial score (nSPS) is 45.9. The molecule has 3 aliphatic rings. The van der Waals surface area contributed by atoms with Crippen LogP contribution in [0, 0.1) is 0 Å². The molecule has 3 saturated heterocycles. The maximum Gasteiger partial charge on any atom is 0.172 e. The largest absolute Gasteiger partial charge is 0.297 e. The van der Waals surface area contributed by atoms with Gasteiger partial charge >= 0.3 is 0 Å². The lowest BCUT2D eigenvalue weighted by molar-refractivity contribution is -0.928. The van der Waals surface area contributed by atoms with E-state index in [1.165, 1.54) is 43.8 Å². The van der Waals surface area contributed by atoms with Crippen LogP contribution in [0.25, 0.3) is 0 Å². The SMILES string of the molecule is ClC[N+]12CC[N+](CC1)CC2. The second-order valence-electron chi connectivity index (χ2n) is 3.47. The minimum atomic E-state index is 0.827. The van der Waals surface area contributed by atoms with Crippen LogP contribution in [0.4, 0.5) is 0 Å². The molecule has 0 aromatic carbocycles. The molecule has 0 aliphatic carbocycles. The third kappa shape index (κ3) is 0.949. The predicted molar refractivity (Wildman–Crippen MR) is 42.3 cm³/mol. The summed E-state index contributed by atoms with van der Waals surface area (Å²) in [5.74, 6) is 0. The Morgan fingerprint density at radius 3 is 1.90 bits per heavy atom. The third-order valence-corrected chi connectivity index (χ3v) is 3.43. The number of piperazine rings is 3. The third-order valence-electron chi connectivity index (χ3n) is 2.93. The molecule has 3 fully saturated rings. The Hall–Kier alpha value is 0.210. The fraction of sp³-hybridized carbons (Fsp3) is 1.00. The van der Waals surface area contributed by atoms with Crippen LogP contribution in [0.15, 0.2) is 0 Å². The lowest BCUT2D eigenvalue weighted by Crippen LogP contribution is -2.68. The summed E-state index contributed by atoms with van der Waals surface area (Å²) in [6.07, 6.45) is 0. The zero-order valence-electron chi connectivity index (χ0n) is 6.22. The lowest BCUT2D eigenvalue weighted by atomic mass is 10.2. The molecule has 0 amide bonds. The second-order valence-corrected chi connectivity index (χ2v) is 3.71. The summed E-state index contributed by atoms with van der Waals surface area (Å²) in [7, 11) is 0. The molecule has 2 bridgehead atoms. The number of alkyl halides is 1. The zero-order valence-corrected chi connectivity index (χ0v) is 6.98. The fourth-order valence-electron chi connectivity index (χ4n) is 1.91. The van der Waals surface area contributed by atoms with Crippen molar-refractivity contribution in [3.05, 3.63) is 0 Å². The molecule has 3 rings (SSSR count). The van der Waals surface area contributed by atoms with Crippen molar-refractivity contribution in [2.75, 3.05) is 45.3 Å². The highest BCUT2D eigenvalue weighted by Gasteiger charge is 2.43. The Morgan fingerprint density at radius 2 is 1.60 bits per heavy atom. The van der Waals surface area contributed by atoms with E-state index in [0.29, 0.717) is 0 Å². The Labute approximate surface area is 67.0 Å². The summed E-state index contributed by atoms with van der Waals surface area (Å²) < 4.78 is 1.18. The van der Waals surface area contributed by atoms with Crippen LogP contribution in [-0.2, 0) is 0 Å². The van der Waals surface area contributed by atoms with Gasteiger partial charge in [-0.1, -0.05) is 11.6 Å². The average molecular weight is 162 g/mol. The highest BCUT2D eigenvalue weighted by molar-refractivity contribution is 6.17. The van der Waals surface area contributed by atoms with Crippen molar-refractivity contribution in [1.29, 1.82) is 0 Å². The molecule has 0 unspecified atom stereocenters. The van der Waals surface area contributed by atoms with Gasteiger partial charge in [0.25, 0.3) is 0 Å². The monoisotopic (exact) mass is 161 g/mol. The molecule has 0 atom stereocenters. The minimum Gasteiger partial charge on any atom is -0.297 e. The van der Waals surface area contributed by atoms with E-state index in [9.17, 15) is 0 Å². The smallest absolute Gasteiger partial charge is 0.172 e. The van der Waals surface area contributed by atoms with Crippen molar-refractivity contribution in [2.24, 2.45) is 0 Å². The van der Waals surface area contributed by atoms with Gasteiger partial charge in [0, 0.05) is 0 Å². The first-order valence-corrected chi connectivity index (χ1v) is 4.52. The van der Waals surface area contributed by atoms with Crippen molar-refractivity contribution >= 4 is 11.6 Å². The van der Waals surface area contributed by atoms with Crippen LogP contribution in [0.2, 0.25) is 0 Å². The quantitative estimate of drug-likeness (QED) is 0.224. The van der Waals surface area contributed by atoms with Crippen molar-refractivity contribution < 1.29 is 4.48 Å². The number of quaternary nitrogens is 1. The summed E-state index contributed by atoms with van der Waals surface area (Å²) in [5.41, 5.74) is 0. The van der Waals surface area contributed by atoms with Crippen molar-refractivity contribution in [1.82, 2.24) is 4.90 Å². The highest BCUT2D eigenvalue weighted by Crippen LogP contribution is 2.17. The number of hydrogen-bond donors (Lipinski definition) is 0. The van der Waals surface area contributed by atoms with Gasteiger partial charge in [0.15, 0.2) is 25.6 Å². The van der Waals surface area contributed by atoms with Crippen LogP contribution in [0.1, 0.15) is 0 Å². The molecule has 0 N–H and O–H groups in total. The molecule has 3 aliphatic heterocycles. The fourth-order valence-corrected chi connectivity index (χ4v) is 2.27. The molecule has 2 nitrogen and oxygen atoms in total. The number of nitrogens with zero attached hydrogens (tertiary/aromatic N) is 2. The molecule has 10 heavy (non-hydrogen) atoms. The topological polar surface area (TPSA) is 5.90 Å². The van der Waals surface area contributed by atoms with Gasteiger partial charge in [-0.2, -0.15) is 4.90 Å². The van der Waals surface area contributed by atoms with Crippen LogP contribution in [0.5, 0.6) is 0 Å². The van der Waals surface area contributed by atoms with Gasteiger partial charge in [0.05, 0.1) is 0 Å². The van der Waals surface area contributed by atoms with Crippen molar-refractivity contribution in [3.8, 4) is 0 Å². The van der Waals surface area contributed by atoms with Crippen molar-refractivity contribution in [2.45, 2.75) is 0 Å². The molecular weight excluding hydrogens is 148 g/mol. The number of fused-ring (bicyclic) bond motifs is 3. The molecule has 0 aromatic heterocycles. The van der Waals surface area contributed by atoms with E-state index in [-0.39, 0.29) is 0 Å². The number of rotatable bonds is 1. The first-order valence-electron chi connectivity index (χ1n) is 3.98. The lowest BCUT2D eigenvalue weighted by Gasteiger charge is -2.43. The van der Waals surface area contributed by atoms with Gasteiger partial charge in [-0.3, -0.25) is 4.48 Å². The Bertz CT molecular complexity index is 116. The van der Waals surface area contributed by atoms with Crippen molar-refractivity contribution in [3.63, 3.8) is 0 Å². The van der Waals surface area contributed by atoms with E-state index < -0.39 is 0 Å². The summed E-state index contributed by atoms with van der Waals surface area (Å²) in [5, 5.41) is 0. The second kappa shape index (κ2) is 2.36. The van der Waals surface area contributed by atoms with E-state index in [1.54, 1.807) is 0 Å². The van der Waals surface area contributed by atoms with E-state index in [1.807, 2.05) is 0 Å². The maximum absolute atomic E-state index is 5.92. The number of hydrogen-bond acceptors (Lipinski definition) is 1. The highest BCUT2D eigenvalue weighted by atomic mass is 35.5. The Kier molecular flexibility index (Phi) is 1.63. The van der Waals surface area contributed by atoms with Crippen LogP contribution in [0.3, 0.4) is 0 Å². The van der Waals surface area contributed by atoms with Gasteiger partial charge in [-0.15, -0.1) is 0 Å². The summed E-state index contributed by atoms with van der Waals surface area (Å²) >= 11 is 5.92. The molecule has 1 radical (unpaired) electrons. The molecule has 0 saturated carbocycles. The van der Waals surface area contributed by atoms with Crippen LogP contribution in [-0.4, -0.2) is 49.8 Å². The predicted octanol–water partition coefficient (Wildman–Crippen LogP) is 0.167. The molecule has 57 valence electrons. The standard InChI is InChI=1S/C7H14ClN2/c8-7-10-4-1-9(2-5-10)3-6-10/h1-7H2/q+2. The zero-order chi connectivity index (χ0) is 7.03. The Balaban J connectivity index is 2.08. The first kappa shape index (κ1) is 6.89. The molecule has 3 heteroatoms. The molecule has 0 spiro atoms. The van der Waals surface area contributed by atoms with E-state index in [4.69, 9.17) is 11.6 Å². The molecular formula is C7H14ClN2+2. The van der Waals surface area contributed by atoms with Gasteiger partial charge in [0.1, 0.15) is 19.6 Å².